The molecule has 1 aliphatic rings. The third kappa shape index (κ3) is 5.10. The first-order valence-electron chi connectivity index (χ1n) is 10.6. The minimum atomic E-state index is -0.988. The fourth-order valence-corrected chi connectivity index (χ4v) is 6.02. The summed E-state index contributed by atoms with van der Waals surface area (Å²) in [5.41, 5.74) is 4.54. The molecular formula is C26H26BrN2O2S2+. The van der Waals surface area contributed by atoms with Gasteiger partial charge in [0.05, 0.1) is 39.4 Å². The molecule has 1 aliphatic heterocycles. The van der Waals surface area contributed by atoms with Gasteiger partial charge in [-0.1, -0.05) is 35.6 Å². The molecule has 2 aromatic carbocycles. The molecule has 0 saturated heterocycles. The molecule has 7 heteroatoms. The fraction of sp³-hybridized carbons (Fsp3) is 0.192. The van der Waals surface area contributed by atoms with E-state index in [1.807, 2.05) is 28.2 Å². The summed E-state index contributed by atoms with van der Waals surface area (Å²) in [4.78, 5) is 1.94. The van der Waals surface area contributed by atoms with Gasteiger partial charge in [0.2, 0.25) is 5.52 Å². The number of anilines is 1. The largest absolute Gasteiger partial charge is 0.497 e. The Kier molecular flexibility index (Phi) is 7.41. The molecule has 0 spiro atoms. The molecular weight excluding hydrogens is 516 g/mol. The third-order valence-corrected chi connectivity index (χ3v) is 8.49. The number of thioether (sulfide) groups is 1. The Labute approximate surface area is 210 Å². The second-order valence-corrected chi connectivity index (χ2v) is 10.8. The molecule has 0 saturated carbocycles. The molecule has 1 atom stereocenters. The summed E-state index contributed by atoms with van der Waals surface area (Å²) in [7, 11) is 0.710. The maximum absolute atomic E-state index is 11.8. The quantitative estimate of drug-likeness (QED) is 0.199. The van der Waals surface area contributed by atoms with Gasteiger partial charge in [0.25, 0.3) is 0 Å². The van der Waals surface area contributed by atoms with Gasteiger partial charge in [-0.3, -0.25) is 8.13 Å². The van der Waals surface area contributed by atoms with Crippen LogP contribution in [0.4, 0.5) is 5.69 Å². The lowest BCUT2D eigenvalue weighted by molar-refractivity contribution is -0.667. The van der Waals surface area contributed by atoms with Crippen LogP contribution in [0.1, 0.15) is 19.4 Å². The number of halogens is 1. The number of allylic oxidation sites excluding steroid dienone is 4. The maximum atomic E-state index is 11.8. The van der Waals surface area contributed by atoms with E-state index in [2.05, 4.69) is 83.3 Å². The van der Waals surface area contributed by atoms with Crippen molar-refractivity contribution >= 4 is 61.4 Å². The summed E-state index contributed by atoms with van der Waals surface area (Å²) < 4.78 is 21.5. The highest BCUT2D eigenvalue weighted by molar-refractivity contribution is 9.10. The minimum Gasteiger partial charge on any atom is -0.497 e. The van der Waals surface area contributed by atoms with Crippen LogP contribution in [0.25, 0.3) is 17.0 Å². The molecule has 1 unspecified atom stereocenters. The second-order valence-electron chi connectivity index (χ2n) is 7.66. The van der Waals surface area contributed by atoms with E-state index in [0.29, 0.717) is 0 Å². The van der Waals surface area contributed by atoms with Crippen molar-refractivity contribution in [2.45, 2.75) is 30.2 Å². The minimum absolute atomic E-state index is 0.842. The number of benzene rings is 2. The van der Waals surface area contributed by atoms with Gasteiger partial charge in [0, 0.05) is 39.0 Å². The summed E-state index contributed by atoms with van der Waals surface area (Å²) in [5.74, 6) is 0.855. The summed E-state index contributed by atoms with van der Waals surface area (Å²) in [5, 5.41) is 2.23. The van der Waals surface area contributed by atoms with E-state index < -0.39 is 10.8 Å². The van der Waals surface area contributed by atoms with Crippen LogP contribution in [-0.2, 0) is 17.3 Å². The van der Waals surface area contributed by atoms with Crippen LogP contribution in [0.2, 0.25) is 0 Å². The first-order chi connectivity index (χ1) is 15.9. The lowest BCUT2D eigenvalue weighted by Gasteiger charge is -2.09. The van der Waals surface area contributed by atoms with E-state index in [1.165, 1.54) is 10.9 Å². The zero-order valence-corrected chi connectivity index (χ0v) is 22.3. The lowest BCUT2D eigenvalue weighted by atomic mass is 10.1. The fourth-order valence-electron chi connectivity index (χ4n) is 3.65. The highest BCUT2D eigenvalue weighted by atomic mass is 79.9. The number of pyridine rings is 1. The van der Waals surface area contributed by atoms with E-state index in [-0.39, 0.29) is 0 Å². The summed E-state index contributed by atoms with van der Waals surface area (Å²) in [6, 6.07) is 14.3. The number of hydrogen-bond donors (Lipinski definition) is 0. The van der Waals surface area contributed by atoms with Crippen LogP contribution >= 0.6 is 27.9 Å². The van der Waals surface area contributed by atoms with E-state index in [1.54, 1.807) is 25.1 Å². The standard InChI is InChI=1S/C26H26BrN2O2S2/c1-5-28-15-14-19(22-16-20(31-3)9-11-23(22)28)8-6-18(2)7-13-26-29(27)24-12-10-21(33(4)30)17-25(24)32-26/h6-17H,5H2,1-4H3/q+1. The van der Waals surface area contributed by atoms with Gasteiger partial charge in [-0.05, 0) is 55.8 Å². The smallest absolute Gasteiger partial charge is 0.213 e. The van der Waals surface area contributed by atoms with Crippen molar-refractivity contribution < 1.29 is 13.5 Å². The molecule has 2 heterocycles. The Morgan fingerprint density at radius 2 is 2.06 bits per heavy atom. The van der Waals surface area contributed by atoms with E-state index in [0.717, 1.165) is 43.9 Å². The third-order valence-electron chi connectivity index (χ3n) is 5.50. The number of ether oxygens (including phenoxy) is 1. The second kappa shape index (κ2) is 10.3. The van der Waals surface area contributed by atoms with Crippen molar-refractivity contribution in [3.8, 4) is 5.75 Å². The van der Waals surface area contributed by atoms with Gasteiger partial charge < -0.3 is 4.74 Å². The first kappa shape index (κ1) is 23.8. The average molecular weight is 543 g/mol. The first-order valence-corrected chi connectivity index (χ1v) is 13.7. The van der Waals surface area contributed by atoms with Gasteiger partial charge in [-0.25, -0.2) is 0 Å². The Bertz CT molecular complexity index is 1330. The topological polar surface area (TPSA) is 33.4 Å². The number of rotatable bonds is 6. The van der Waals surface area contributed by atoms with Crippen LogP contribution in [0.3, 0.4) is 0 Å². The van der Waals surface area contributed by atoms with Crippen molar-refractivity contribution in [1.82, 2.24) is 0 Å². The summed E-state index contributed by atoms with van der Waals surface area (Å²) >= 11 is 5.31. The molecule has 1 aromatic heterocycles. The molecule has 0 bridgehead atoms. The number of aryl methyl sites for hydroxylation is 1. The van der Waals surface area contributed by atoms with Crippen LogP contribution in [0.15, 0.2) is 87.3 Å². The van der Waals surface area contributed by atoms with Crippen molar-refractivity contribution in [3.05, 3.63) is 83.1 Å². The predicted molar refractivity (Wildman–Crippen MR) is 143 cm³/mol. The Morgan fingerprint density at radius 1 is 1.24 bits per heavy atom. The Balaban J connectivity index is 1.58. The van der Waals surface area contributed by atoms with Crippen molar-refractivity contribution in [1.29, 1.82) is 0 Å². The number of hydrogen-bond acceptors (Lipinski definition) is 4. The summed E-state index contributed by atoms with van der Waals surface area (Å²) in [6.07, 6.45) is 12.3. The lowest BCUT2D eigenvalue weighted by Crippen LogP contribution is -2.32. The predicted octanol–water partition coefficient (Wildman–Crippen LogP) is 6.62. The van der Waals surface area contributed by atoms with Gasteiger partial charge in [0.1, 0.15) is 12.3 Å². The molecule has 0 aliphatic carbocycles. The SMILES string of the molecule is CC[n+]1ccc(C=CC(C)=CC=C2Sc3cc(S(C)=O)ccc3N2Br)c2cc(OC)ccc21. The highest BCUT2D eigenvalue weighted by Gasteiger charge is 2.23. The monoisotopic (exact) mass is 541 g/mol. The molecule has 0 amide bonds. The number of aromatic nitrogens is 1. The van der Waals surface area contributed by atoms with Gasteiger partial charge in [0.15, 0.2) is 6.20 Å². The van der Waals surface area contributed by atoms with Crippen LogP contribution in [0, 0.1) is 0 Å². The average Bonchev–Trinajstić information content (AvgIpc) is 3.15. The zero-order valence-electron chi connectivity index (χ0n) is 19.0. The van der Waals surface area contributed by atoms with Crippen LogP contribution < -0.4 is 13.2 Å². The molecule has 0 fully saturated rings. The molecule has 3 aromatic rings. The van der Waals surface area contributed by atoms with Crippen molar-refractivity contribution in [3.63, 3.8) is 0 Å². The van der Waals surface area contributed by atoms with Crippen LogP contribution in [-0.4, -0.2) is 17.6 Å². The van der Waals surface area contributed by atoms with Crippen molar-refractivity contribution in [2.75, 3.05) is 17.3 Å². The van der Waals surface area contributed by atoms with E-state index in [9.17, 15) is 4.21 Å². The molecule has 33 heavy (non-hydrogen) atoms. The molecule has 170 valence electrons. The number of fused-ring (bicyclic) bond motifs is 2. The summed E-state index contributed by atoms with van der Waals surface area (Å²) in [6.45, 7) is 5.15. The van der Waals surface area contributed by atoms with Crippen LogP contribution in [0.5, 0.6) is 5.75 Å². The van der Waals surface area contributed by atoms with Crippen molar-refractivity contribution in [2.24, 2.45) is 0 Å². The Hall–Kier alpha value is -2.35. The molecule has 4 nitrogen and oxygen atoms in total. The highest BCUT2D eigenvalue weighted by Crippen LogP contribution is 2.48. The van der Waals surface area contributed by atoms with Gasteiger partial charge >= 0.3 is 0 Å². The maximum Gasteiger partial charge on any atom is 0.213 e. The van der Waals surface area contributed by atoms with Gasteiger partial charge in [-0.15, -0.1) is 0 Å². The zero-order chi connectivity index (χ0) is 23.5. The van der Waals surface area contributed by atoms with Gasteiger partial charge in [-0.2, -0.15) is 4.57 Å². The molecule has 0 radical (unpaired) electrons. The molecule has 4 rings (SSSR count). The normalized spacial score (nSPS) is 16.1. The number of methoxy groups -OCH3 is 1. The Morgan fingerprint density at radius 3 is 2.79 bits per heavy atom. The van der Waals surface area contributed by atoms with E-state index >= 15 is 0 Å². The number of nitrogens with zero attached hydrogens (tertiary/aromatic N) is 2. The molecule has 0 N–H and O–H groups in total. The van der Waals surface area contributed by atoms with E-state index in [4.69, 9.17) is 4.74 Å².